The average molecular weight is 228 g/mol. The lowest BCUT2D eigenvalue weighted by molar-refractivity contribution is -0.216. The van der Waals surface area contributed by atoms with Crippen LogP contribution in [0.1, 0.15) is 24.8 Å². The van der Waals surface area contributed by atoms with Crippen LogP contribution in [-0.4, -0.2) is 17.9 Å². The van der Waals surface area contributed by atoms with Crippen molar-refractivity contribution in [2.24, 2.45) is 10.4 Å². The minimum Gasteiger partial charge on any atom is -0.273 e. The van der Waals surface area contributed by atoms with Crippen molar-refractivity contribution in [3.63, 3.8) is 0 Å². The second-order valence-corrected chi connectivity index (χ2v) is 5.26. The van der Waals surface area contributed by atoms with Crippen molar-refractivity contribution in [3.05, 3.63) is 35.9 Å². The summed E-state index contributed by atoms with van der Waals surface area (Å²) in [5, 5.41) is 9.13. The topological polar surface area (TPSA) is 36.1 Å². The van der Waals surface area contributed by atoms with Gasteiger partial charge in [0.05, 0.1) is 6.07 Å². The summed E-state index contributed by atoms with van der Waals surface area (Å²) in [6.45, 7) is 0. The molecule has 3 aliphatic rings. The van der Waals surface area contributed by atoms with Gasteiger partial charge in [-0.25, -0.2) is 4.39 Å². The molecule has 3 aliphatic carbocycles. The van der Waals surface area contributed by atoms with Crippen LogP contribution in [0.5, 0.6) is 0 Å². The molecule has 3 saturated carbocycles. The van der Waals surface area contributed by atoms with Gasteiger partial charge in [0.1, 0.15) is 11.7 Å². The summed E-state index contributed by atoms with van der Waals surface area (Å²) < 4.78 is 13.4. The fourth-order valence-electron chi connectivity index (χ4n) is 3.06. The molecule has 0 radical (unpaired) electrons. The van der Waals surface area contributed by atoms with E-state index in [2.05, 4.69) is 11.1 Å². The van der Waals surface area contributed by atoms with E-state index in [-0.39, 0.29) is 11.5 Å². The largest absolute Gasteiger partial charge is 0.273 e. The molecule has 4 rings (SSSR count). The standard InChI is InChI=1S/C14H13FN2/c15-14-8-13(9-14,10-14)12(6-16)17-7-11-4-2-1-3-5-11/h1-5,7,12H,8-10H2/t12-,13?,14?/m1/s1. The summed E-state index contributed by atoms with van der Waals surface area (Å²) in [6.07, 6.45) is 3.28. The fraction of sp³-hybridized carbons (Fsp3) is 0.429. The molecule has 0 heterocycles. The summed E-state index contributed by atoms with van der Waals surface area (Å²) in [5.74, 6) is 0. The Hall–Kier alpha value is -1.69. The maximum Gasteiger partial charge on any atom is 0.142 e. The summed E-state index contributed by atoms with van der Waals surface area (Å²) in [4.78, 5) is 4.32. The van der Waals surface area contributed by atoms with Gasteiger partial charge in [-0.2, -0.15) is 5.26 Å². The monoisotopic (exact) mass is 228 g/mol. The van der Waals surface area contributed by atoms with E-state index in [1.807, 2.05) is 30.3 Å². The van der Waals surface area contributed by atoms with E-state index in [0.717, 1.165) is 5.56 Å². The lowest BCUT2D eigenvalue weighted by Gasteiger charge is -2.66. The molecule has 2 nitrogen and oxygen atoms in total. The van der Waals surface area contributed by atoms with Crippen LogP contribution in [0.15, 0.2) is 35.3 Å². The van der Waals surface area contributed by atoms with Gasteiger partial charge in [-0.15, -0.1) is 0 Å². The SMILES string of the molecule is N#C[C@@H](N=Cc1ccccc1)C12CC(F)(C1)C2. The number of hydrogen-bond acceptors (Lipinski definition) is 2. The maximum absolute atomic E-state index is 13.4. The molecule has 0 unspecified atom stereocenters. The van der Waals surface area contributed by atoms with Crippen molar-refractivity contribution in [2.75, 3.05) is 0 Å². The van der Waals surface area contributed by atoms with Crippen LogP contribution < -0.4 is 0 Å². The fourth-order valence-corrected chi connectivity index (χ4v) is 3.06. The molecule has 0 spiro atoms. The highest BCUT2D eigenvalue weighted by atomic mass is 19.1. The molecule has 0 amide bonds. The van der Waals surface area contributed by atoms with Gasteiger partial charge in [-0.1, -0.05) is 30.3 Å². The number of hydrogen-bond donors (Lipinski definition) is 0. The second kappa shape index (κ2) is 3.40. The van der Waals surface area contributed by atoms with E-state index < -0.39 is 5.67 Å². The van der Waals surface area contributed by atoms with E-state index in [1.165, 1.54) is 0 Å². The highest BCUT2D eigenvalue weighted by Gasteiger charge is 2.72. The van der Waals surface area contributed by atoms with Gasteiger partial charge in [0, 0.05) is 11.6 Å². The third-order valence-corrected chi connectivity index (χ3v) is 3.88. The van der Waals surface area contributed by atoms with Crippen molar-refractivity contribution in [2.45, 2.75) is 31.0 Å². The van der Waals surface area contributed by atoms with E-state index in [1.54, 1.807) is 6.21 Å². The van der Waals surface area contributed by atoms with Gasteiger partial charge in [-0.05, 0) is 24.8 Å². The van der Waals surface area contributed by atoms with Crippen molar-refractivity contribution < 1.29 is 4.39 Å². The number of aliphatic imine (C=N–C) groups is 1. The molecule has 0 N–H and O–H groups in total. The molecule has 0 aliphatic heterocycles. The molecule has 3 heteroatoms. The van der Waals surface area contributed by atoms with Crippen LogP contribution >= 0.6 is 0 Å². The van der Waals surface area contributed by atoms with E-state index >= 15 is 0 Å². The minimum absolute atomic E-state index is 0.158. The summed E-state index contributed by atoms with van der Waals surface area (Å²) in [5.41, 5.74) is -0.138. The smallest absolute Gasteiger partial charge is 0.142 e. The first-order chi connectivity index (χ1) is 8.16. The van der Waals surface area contributed by atoms with Gasteiger partial charge in [0.2, 0.25) is 0 Å². The van der Waals surface area contributed by atoms with Crippen molar-refractivity contribution in [1.29, 1.82) is 5.26 Å². The molecule has 1 aromatic rings. The maximum atomic E-state index is 13.4. The lowest BCUT2D eigenvalue weighted by Crippen LogP contribution is -2.68. The molecular formula is C14H13FN2. The predicted molar refractivity (Wildman–Crippen MR) is 63.6 cm³/mol. The highest BCUT2D eigenvalue weighted by molar-refractivity contribution is 5.79. The lowest BCUT2D eigenvalue weighted by atomic mass is 9.40. The zero-order valence-electron chi connectivity index (χ0n) is 9.44. The van der Waals surface area contributed by atoms with Crippen LogP contribution in [0.25, 0.3) is 0 Å². The van der Waals surface area contributed by atoms with Gasteiger partial charge in [-0.3, -0.25) is 4.99 Å². The van der Waals surface area contributed by atoms with Gasteiger partial charge in [0.25, 0.3) is 0 Å². The van der Waals surface area contributed by atoms with Gasteiger partial charge in [0.15, 0.2) is 0 Å². The molecule has 1 atom stereocenters. The predicted octanol–water partition coefficient (Wildman–Crippen LogP) is 2.89. The first-order valence-corrected chi connectivity index (χ1v) is 5.83. The Bertz CT molecular complexity index is 481. The molecule has 1 aromatic carbocycles. The molecule has 2 bridgehead atoms. The zero-order valence-corrected chi connectivity index (χ0v) is 9.44. The van der Waals surface area contributed by atoms with Crippen LogP contribution in [0.3, 0.4) is 0 Å². The first kappa shape index (κ1) is 10.5. The number of halogens is 1. The zero-order chi connectivity index (χ0) is 11.9. The van der Waals surface area contributed by atoms with Crippen molar-refractivity contribution >= 4 is 6.21 Å². The van der Waals surface area contributed by atoms with Crippen molar-refractivity contribution in [1.82, 2.24) is 0 Å². The first-order valence-electron chi connectivity index (χ1n) is 5.83. The normalized spacial score (nSPS) is 35.8. The molecule has 86 valence electrons. The summed E-state index contributed by atoms with van der Waals surface area (Å²) >= 11 is 0. The van der Waals surface area contributed by atoms with Crippen molar-refractivity contribution in [3.8, 4) is 6.07 Å². The van der Waals surface area contributed by atoms with Crippen LogP contribution in [-0.2, 0) is 0 Å². The number of nitrogens with zero attached hydrogens (tertiary/aromatic N) is 2. The Balaban J connectivity index is 1.72. The quantitative estimate of drug-likeness (QED) is 0.733. The summed E-state index contributed by atoms with van der Waals surface area (Å²) in [7, 11) is 0. The number of nitriles is 1. The Morgan fingerprint density at radius 2 is 1.94 bits per heavy atom. The Labute approximate surface area is 99.8 Å². The highest BCUT2D eigenvalue weighted by Crippen LogP contribution is 2.71. The third-order valence-electron chi connectivity index (χ3n) is 3.88. The second-order valence-electron chi connectivity index (χ2n) is 5.26. The van der Waals surface area contributed by atoms with E-state index in [0.29, 0.717) is 19.3 Å². The van der Waals surface area contributed by atoms with Crippen LogP contribution in [0, 0.1) is 16.7 Å². The van der Waals surface area contributed by atoms with Crippen LogP contribution in [0.4, 0.5) is 4.39 Å². The van der Waals surface area contributed by atoms with E-state index in [4.69, 9.17) is 5.26 Å². The molecule has 3 fully saturated rings. The Morgan fingerprint density at radius 1 is 1.29 bits per heavy atom. The number of alkyl halides is 1. The van der Waals surface area contributed by atoms with Gasteiger partial charge >= 0.3 is 0 Å². The van der Waals surface area contributed by atoms with E-state index in [9.17, 15) is 4.39 Å². The number of benzene rings is 1. The molecule has 17 heavy (non-hydrogen) atoms. The van der Waals surface area contributed by atoms with Gasteiger partial charge < -0.3 is 0 Å². The molecular weight excluding hydrogens is 215 g/mol. The molecule has 0 aromatic heterocycles. The third kappa shape index (κ3) is 1.56. The summed E-state index contributed by atoms with van der Waals surface area (Å²) in [6, 6.07) is 11.5. The average Bonchev–Trinajstić information content (AvgIpc) is 2.27. The van der Waals surface area contributed by atoms with Crippen LogP contribution in [0.2, 0.25) is 0 Å². The minimum atomic E-state index is -0.961. The number of rotatable bonds is 3. The molecule has 0 saturated heterocycles. The Morgan fingerprint density at radius 3 is 2.47 bits per heavy atom. The Kier molecular flexibility index (Phi) is 2.09.